The van der Waals surface area contributed by atoms with Gasteiger partial charge < -0.3 is 19.5 Å². The Morgan fingerprint density at radius 1 is 1.22 bits per heavy atom. The molecule has 2 heterocycles. The maximum atomic E-state index is 13.2. The van der Waals surface area contributed by atoms with Crippen LogP contribution in [0.3, 0.4) is 0 Å². The molecular weight excluding hydrogens is 430 g/mol. The predicted octanol–water partition coefficient (Wildman–Crippen LogP) is 4.72. The quantitative estimate of drug-likeness (QED) is 0.513. The zero-order chi connectivity index (χ0) is 22.8. The van der Waals surface area contributed by atoms with Crippen LogP contribution in [0.15, 0.2) is 36.4 Å². The minimum atomic E-state index is -0.388. The molecule has 1 atom stereocenters. The lowest BCUT2D eigenvalue weighted by Crippen LogP contribution is -2.32. The number of H-pyrrole nitrogens is 1. The molecular formula is C24H26ClN3O4. The predicted molar refractivity (Wildman–Crippen MR) is 122 cm³/mol. The molecule has 2 aromatic carbocycles. The molecule has 1 amide bonds. The van der Waals surface area contributed by atoms with E-state index in [1.165, 1.54) is 0 Å². The highest BCUT2D eigenvalue weighted by Gasteiger charge is 2.42. The van der Waals surface area contributed by atoms with Gasteiger partial charge in [0.15, 0.2) is 0 Å². The van der Waals surface area contributed by atoms with Gasteiger partial charge in [-0.1, -0.05) is 30.7 Å². The lowest BCUT2D eigenvalue weighted by atomic mass is 9.95. The summed E-state index contributed by atoms with van der Waals surface area (Å²) in [6, 6.07) is 10.6. The van der Waals surface area contributed by atoms with Crippen molar-refractivity contribution in [1.82, 2.24) is 15.1 Å². The second-order valence-corrected chi connectivity index (χ2v) is 8.20. The molecule has 0 aliphatic carbocycles. The van der Waals surface area contributed by atoms with Gasteiger partial charge in [-0.15, -0.1) is 0 Å². The lowest BCUT2D eigenvalue weighted by Gasteiger charge is -2.26. The number of nitrogens with zero attached hydrogens (tertiary/aromatic N) is 2. The standard InChI is InChI=1S/C24H26ClN3O4/c1-4-10-32-16-7-5-15(6-8-16)23-20-21(17-13-18(25)14(2)12-19(17)29)26-27-22(20)24(30)28(23)9-11-31-3/h5-8,12-13,23,29H,4,9-11H2,1-3H3,(H,26,27). The molecule has 1 aliphatic rings. The van der Waals surface area contributed by atoms with E-state index in [0.29, 0.717) is 47.3 Å². The van der Waals surface area contributed by atoms with Gasteiger partial charge in [0.25, 0.3) is 5.91 Å². The van der Waals surface area contributed by atoms with Gasteiger partial charge in [0.1, 0.15) is 22.9 Å². The monoisotopic (exact) mass is 455 g/mol. The minimum Gasteiger partial charge on any atom is -0.507 e. The molecule has 168 valence electrons. The third-order valence-electron chi connectivity index (χ3n) is 5.60. The first kappa shape index (κ1) is 22.2. The number of amides is 1. The molecule has 1 aliphatic heterocycles. The van der Waals surface area contributed by atoms with E-state index in [4.69, 9.17) is 21.1 Å². The van der Waals surface area contributed by atoms with Crippen LogP contribution >= 0.6 is 11.6 Å². The summed E-state index contributed by atoms with van der Waals surface area (Å²) in [5, 5.41) is 18.4. The topological polar surface area (TPSA) is 87.7 Å². The Hall–Kier alpha value is -3.03. The smallest absolute Gasteiger partial charge is 0.273 e. The summed E-state index contributed by atoms with van der Waals surface area (Å²) in [6.07, 6.45) is 0.925. The van der Waals surface area contributed by atoms with Crippen molar-refractivity contribution in [3.05, 3.63) is 63.8 Å². The third kappa shape index (κ3) is 3.94. The average Bonchev–Trinajstić information content (AvgIpc) is 3.32. The SMILES string of the molecule is CCCOc1ccc(C2c3c(-c4cc(Cl)c(C)cc4O)n[nH]c3C(=O)N2CCOC)cc1. The Labute approximate surface area is 191 Å². The first-order chi connectivity index (χ1) is 15.5. The number of carbonyl (C=O) groups excluding carboxylic acids is 1. The number of halogens is 1. The van der Waals surface area contributed by atoms with Crippen LogP contribution in [0, 0.1) is 6.92 Å². The number of aromatic amines is 1. The molecule has 0 spiro atoms. The van der Waals surface area contributed by atoms with E-state index in [2.05, 4.69) is 17.1 Å². The summed E-state index contributed by atoms with van der Waals surface area (Å²) in [4.78, 5) is 15.0. The van der Waals surface area contributed by atoms with E-state index in [0.717, 1.165) is 23.3 Å². The van der Waals surface area contributed by atoms with Gasteiger partial charge in [-0.05, 0) is 48.7 Å². The molecule has 0 saturated heterocycles. The second kappa shape index (κ2) is 9.22. The maximum Gasteiger partial charge on any atom is 0.273 e. The number of nitrogens with one attached hydrogen (secondary N) is 1. The Balaban J connectivity index is 1.81. The number of methoxy groups -OCH3 is 1. The van der Waals surface area contributed by atoms with Crippen LogP contribution in [-0.4, -0.2) is 53.0 Å². The molecule has 32 heavy (non-hydrogen) atoms. The Morgan fingerprint density at radius 3 is 2.66 bits per heavy atom. The van der Waals surface area contributed by atoms with Crippen LogP contribution in [0.1, 0.15) is 46.6 Å². The van der Waals surface area contributed by atoms with Crippen LogP contribution in [-0.2, 0) is 4.74 Å². The van der Waals surface area contributed by atoms with E-state index < -0.39 is 0 Å². The molecule has 0 fully saturated rings. The molecule has 7 nitrogen and oxygen atoms in total. The highest BCUT2D eigenvalue weighted by Crippen LogP contribution is 2.45. The zero-order valence-corrected chi connectivity index (χ0v) is 19.1. The largest absolute Gasteiger partial charge is 0.507 e. The number of fused-ring (bicyclic) bond motifs is 1. The van der Waals surface area contributed by atoms with Crippen LogP contribution < -0.4 is 4.74 Å². The number of phenols is 1. The fourth-order valence-electron chi connectivity index (χ4n) is 3.99. The molecule has 1 unspecified atom stereocenters. The van der Waals surface area contributed by atoms with Crippen LogP contribution in [0.5, 0.6) is 11.5 Å². The summed E-state index contributed by atoms with van der Waals surface area (Å²) in [7, 11) is 1.61. The van der Waals surface area contributed by atoms with Crippen LogP contribution in [0.2, 0.25) is 5.02 Å². The zero-order valence-electron chi connectivity index (χ0n) is 18.3. The highest BCUT2D eigenvalue weighted by atomic mass is 35.5. The second-order valence-electron chi connectivity index (χ2n) is 7.79. The summed E-state index contributed by atoms with van der Waals surface area (Å²) < 4.78 is 10.9. The van der Waals surface area contributed by atoms with Gasteiger partial charge in [-0.25, -0.2) is 0 Å². The number of aromatic nitrogens is 2. The molecule has 0 bridgehead atoms. The summed E-state index contributed by atoms with van der Waals surface area (Å²) in [5.41, 5.74) is 3.78. The first-order valence-corrected chi connectivity index (χ1v) is 10.9. The highest BCUT2D eigenvalue weighted by molar-refractivity contribution is 6.31. The van der Waals surface area contributed by atoms with Crippen molar-refractivity contribution >= 4 is 17.5 Å². The van der Waals surface area contributed by atoms with Crippen LogP contribution in [0.4, 0.5) is 0 Å². The average molecular weight is 456 g/mol. The van der Waals surface area contributed by atoms with E-state index in [1.54, 1.807) is 24.1 Å². The third-order valence-corrected chi connectivity index (χ3v) is 6.01. The van der Waals surface area contributed by atoms with Crippen molar-refractivity contribution in [2.24, 2.45) is 0 Å². The summed E-state index contributed by atoms with van der Waals surface area (Å²) in [6.45, 7) is 5.33. The van der Waals surface area contributed by atoms with Gasteiger partial charge in [-0.3, -0.25) is 9.89 Å². The van der Waals surface area contributed by atoms with Gasteiger partial charge in [0, 0.05) is 29.8 Å². The Morgan fingerprint density at radius 2 is 1.97 bits per heavy atom. The Bertz CT molecular complexity index is 1130. The number of rotatable bonds is 8. The van der Waals surface area contributed by atoms with E-state index in [1.807, 2.05) is 31.2 Å². The van der Waals surface area contributed by atoms with E-state index in [9.17, 15) is 9.90 Å². The van der Waals surface area contributed by atoms with E-state index in [-0.39, 0.29) is 17.7 Å². The molecule has 4 rings (SSSR count). The maximum absolute atomic E-state index is 13.2. The number of phenolic OH excluding ortho intramolecular Hbond substituents is 1. The number of aromatic hydroxyl groups is 1. The molecule has 3 aromatic rings. The summed E-state index contributed by atoms with van der Waals surface area (Å²) >= 11 is 6.34. The number of carbonyl (C=O) groups is 1. The van der Waals surface area contributed by atoms with Crippen molar-refractivity contribution < 1.29 is 19.4 Å². The summed E-state index contributed by atoms with van der Waals surface area (Å²) in [5.74, 6) is 0.676. The van der Waals surface area contributed by atoms with Crippen molar-refractivity contribution in [3.8, 4) is 22.8 Å². The van der Waals surface area contributed by atoms with Gasteiger partial charge in [0.2, 0.25) is 0 Å². The normalized spacial score (nSPS) is 15.3. The van der Waals surface area contributed by atoms with Gasteiger partial charge in [-0.2, -0.15) is 5.10 Å². The fraction of sp³-hybridized carbons (Fsp3) is 0.333. The fourth-order valence-corrected chi connectivity index (χ4v) is 4.15. The molecule has 8 heteroatoms. The molecule has 0 saturated carbocycles. The Kier molecular flexibility index (Phi) is 6.39. The van der Waals surface area contributed by atoms with Gasteiger partial charge >= 0.3 is 0 Å². The molecule has 0 radical (unpaired) electrons. The number of ether oxygens (including phenoxy) is 2. The molecule has 2 N–H and O–H groups in total. The van der Waals surface area contributed by atoms with Crippen molar-refractivity contribution in [2.45, 2.75) is 26.3 Å². The van der Waals surface area contributed by atoms with Crippen molar-refractivity contribution in [2.75, 3.05) is 26.9 Å². The van der Waals surface area contributed by atoms with Gasteiger partial charge in [0.05, 0.1) is 19.3 Å². The number of benzene rings is 2. The van der Waals surface area contributed by atoms with Crippen molar-refractivity contribution in [1.29, 1.82) is 0 Å². The lowest BCUT2D eigenvalue weighted by molar-refractivity contribution is 0.0677. The van der Waals surface area contributed by atoms with Crippen molar-refractivity contribution in [3.63, 3.8) is 0 Å². The van der Waals surface area contributed by atoms with E-state index >= 15 is 0 Å². The van der Waals surface area contributed by atoms with Crippen LogP contribution in [0.25, 0.3) is 11.3 Å². The minimum absolute atomic E-state index is 0.0612. The molecule has 1 aromatic heterocycles. The first-order valence-electron chi connectivity index (χ1n) is 10.6. The number of aryl methyl sites for hydroxylation is 1. The number of hydrogen-bond acceptors (Lipinski definition) is 5. The number of hydrogen-bond donors (Lipinski definition) is 2.